The Kier molecular flexibility index (Phi) is 3.42. The maximum atomic E-state index is 12.9. The Morgan fingerprint density at radius 3 is 2.65 bits per heavy atom. The molecule has 100 valence electrons. The van der Waals surface area contributed by atoms with Gasteiger partial charge in [0.05, 0.1) is 16.9 Å². The average molecular weight is 305 g/mol. The summed E-state index contributed by atoms with van der Waals surface area (Å²) in [6.45, 7) is 0. The topological polar surface area (TPSA) is 33.5 Å². The van der Waals surface area contributed by atoms with Crippen LogP contribution in [-0.4, -0.2) is 10.2 Å². The van der Waals surface area contributed by atoms with Crippen molar-refractivity contribution in [2.45, 2.75) is 0 Å². The molecule has 0 aliphatic carbocycles. The van der Waals surface area contributed by atoms with Crippen LogP contribution >= 0.6 is 24.0 Å². The first kappa shape index (κ1) is 13.1. The molecule has 0 atom stereocenters. The molecule has 0 N–H and O–H groups in total. The van der Waals surface area contributed by atoms with Crippen molar-refractivity contribution in [2.24, 2.45) is 0 Å². The van der Waals surface area contributed by atoms with Gasteiger partial charge < -0.3 is 4.42 Å². The number of rotatable bonds is 2. The van der Waals surface area contributed by atoms with Gasteiger partial charge in [0.1, 0.15) is 11.6 Å². The summed E-state index contributed by atoms with van der Waals surface area (Å²) in [7, 11) is 0. The van der Waals surface area contributed by atoms with Crippen LogP contribution in [-0.2, 0) is 4.79 Å². The van der Waals surface area contributed by atoms with Crippen LogP contribution in [0.3, 0.4) is 0 Å². The number of nitrogens with zero attached hydrogens (tertiary/aromatic N) is 1. The molecule has 0 bridgehead atoms. The van der Waals surface area contributed by atoms with Crippen LogP contribution in [0.5, 0.6) is 0 Å². The Morgan fingerprint density at radius 1 is 1.25 bits per heavy atom. The number of carbonyl (C=O) groups is 1. The van der Waals surface area contributed by atoms with E-state index >= 15 is 0 Å². The summed E-state index contributed by atoms with van der Waals surface area (Å²) in [4.78, 5) is 14.2. The maximum Gasteiger partial charge on any atom is 0.270 e. The van der Waals surface area contributed by atoms with Crippen molar-refractivity contribution in [1.29, 1.82) is 0 Å². The summed E-state index contributed by atoms with van der Waals surface area (Å²) in [5.41, 5.74) is 0.553. The van der Waals surface area contributed by atoms with Crippen molar-refractivity contribution < 1.29 is 13.6 Å². The molecular formula is C14H8FNO2S2. The fourth-order valence-corrected chi connectivity index (χ4v) is 3.06. The van der Waals surface area contributed by atoms with Gasteiger partial charge >= 0.3 is 0 Å². The van der Waals surface area contributed by atoms with E-state index in [0.29, 0.717) is 20.7 Å². The van der Waals surface area contributed by atoms with E-state index in [4.69, 9.17) is 16.6 Å². The SMILES string of the molecule is O=C1/C(=C\c2ccco2)SC(=S)N1c1ccc(F)cc1. The lowest BCUT2D eigenvalue weighted by Gasteiger charge is -2.13. The molecule has 2 aromatic rings. The van der Waals surface area contributed by atoms with Gasteiger partial charge in [0, 0.05) is 6.08 Å². The normalized spacial score (nSPS) is 17.2. The van der Waals surface area contributed by atoms with E-state index in [1.54, 1.807) is 18.2 Å². The van der Waals surface area contributed by atoms with E-state index in [1.165, 1.54) is 47.2 Å². The molecule has 1 aromatic carbocycles. The first-order chi connectivity index (χ1) is 9.65. The number of carbonyl (C=O) groups excluding carboxylic acids is 1. The van der Waals surface area contributed by atoms with Gasteiger partial charge in [-0.2, -0.15) is 0 Å². The number of furan rings is 1. The molecule has 1 aliphatic heterocycles. The molecule has 1 aliphatic rings. The Bertz CT molecular complexity index is 692. The molecule has 1 amide bonds. The highest BCUT2D eigenvalue weighted by atomic mass is 32.2. The van der Waals surface area contributed by atoms with E-state index in [0.717, 1.165) is 0 Å². The molecular weight excluding hydrogens is 297 g/mol. The fraction of sp³-hybridized carbons (Fsp3) is 0. The van der Waals surface area contributed by atoms with Crippen molar-refractivity contribution in [2.75, 3.05) is 4.90 Å². The zero-order valence-electron chi connectivity index (χ0n) is 10.1. The summed E-state index contributed by atoms with van der Waals surface area (Å²) >= 11 is 6.40. The molecule has 3 nitrogen and oxygen atoms in total. The Hall–Kier alpha value is -1.92. The van der Waals surface area contributed by atoms with Crippen LogP contribution in [0.1, 0.15) is 5.76 Å². The maximum absolute atomic E-state index is 12.9. The summed E-state index contributed by atoms with van der Waals surface area (Å²) in [5.74, 6) is -0.00191. The van der Waals surface area contributed by atoms with Crippen LogP contribution in [0.25, 0.3) is 6.08 Å². The average Bonchev–Trinajstić information content (AvgIpc) is 3.02. The number of amides is 1. The first-order valence-corrected chi connectivity index (χ1v) is 6.94. The van der Waals surface area contributed by atoms with Crippen LogP contribution in [0.15, 0.2) is 52.0 Å². The van der Waals surface area contributed by atoms with Gasteiger partial charge in [-0.05, 0) is 36.4 Å². The fourth-order valence-electron chi connectivity index (χ4n) is 1.78. The minimum Gasteiger partial charge on any atom is -0.465 e. The second-order valence-electron chi connectivity index (χ2n) is 4.01. The van der Waals surface area contributed by atoms with Crippen LogP contribution < -0.4 is 4.90 Å². The first-order valence-electron chi connectivity index (χ1n) is 5.72. The number of thioether (sulfide) groups is 1. The molecule has 1 saturated heterocycles. The summed E-state index contributed by atoms with van der Waals surface area (Å²) < 4.78 is 18.5. The van der Waals surface area contributed by atoms with E-state index in [9.17, 15) is 9.18 Å². The Balaban J connectivity index is 1.93. The minimum absolute atomic E-state index is 0.233. The van der Waals surface area contributed by atoms with Gasteiger partial charge in [0.15, 0.2) is 4.32 Å². The van der Waals surface area contributed by atoms with E-state index in [2.05, 4.69) is 0 Å². The van der Waals surface area contributed by atoms with Crippen molar-refractivity contribution in [3.8, 4) is 0 Å². The third-order valence-electron chi connectivity index (χ3n) is 2.70. The zero-order chi connectivity index (χ0) is 14.1. The molecule has 3 rings (SSSR count). The summed E-state index contributed by atoms with van der Waals surface area (Å²) in [6, 6.07) is 9.14. The largest absolute Gasteiger partial charge is 0.465 e. The molecule has 20 heavy (non-hydrogen) atoms. The van der Waals surface area contributed by atoms with E-state index < -0.39 is 0 Å². The number of halogens is 1. The number of thiocarbonyl (C=S) groups is 1. The molecule has 0 unspecified atom stereocenters. The molecule has 0 spiro atoms. The van der Waals surface area contributed by atoms with Crippen molar-refractivity contribution >= 4 is 46.0 Å². The summed E-state index contributed by atoms with van der Waals surface area (Å²) in [5, 5.41) is 0. The van der Waals surface area contributed by atoms with Crippen molar-refractivity contribution in [3.05, 3.63) is 59.1 Å². The van der Waals surface area contributed by atoms with Crippen molar-refractivity contribution in [3.63, 3.8) is 0 Å². The molecule has 6 heteroatoms. The Morgan fingerprint density at radius 2 is 2.00 bits per heavy atom. The molecule has 0 saturated carbocycles. The minimum atomic E-state index is -0.356. The van der Waals surface area contributed by atoms with Crippen LogP contribution in [0.2, 0.25) is 0 Å². The van der Waals surface area contributed by atoms with Crippen molar-refractivity contribution in [1.82, 2.24) is 0 Å². The van der Waals surface area contributed by atoms with Gasteiger partial charge in [-0.3, -0.25) is 9.69 Å². The lowest BCUT2D eigenvalue weighted by atomic mass is 10.3. The second-order valence-corrected chi connectivity index (χ2v) is 5.68. The smallest absolute Gasteiger partial charge is 0.270 e. The molecule has 0 radical (unpaired) electrons. The number of hydrogen-bond acceptors (Lipinski definition) is 4. The number of benzene rings is 1. The third kappa shape index (κ3) is 2.39. The lowest BCUT2D eigenvalue weighted by Crippen LogP contribution is -2.27. The highest BCUT2D eigenvalue weighted by Crippen LogP contribution is 2.35. The standard InChI is InChI=1S/C14H8FNO2S2/c15-9-3-5-10(6-4-9)16-13(17)12(20-14(16)19)8-11-2-1-7-18-11/h1-8H/b12-8+. The van der Waals surface area contributed by atoms with E-state index in [-0.39, 0.29) is 11.7 Å². The number of hydrogen-bond donors (Lipinski definition) is 0. The Labute approximate surface area is 124 Å². The lowest BCUT2D eigenvalue weighted by molar-refractivity contribution is -0.113. The predicted octanol–water partition coefficient (Wildman–Crippen LogP) is 3.82. The summed E-state index contributed by atoms with van der Waals surface area (Å²) in [6.07, 6.45) is 3.18. The highest BCUT2D eigenvalue weighted by molar-refractivity contribution is 8.27. The predicted molar refractivity (Wildman–Crippen MR) is 80.8 cm³/mol. The van der Waals surface area contributed by atoms with Gasteiger partial charge in [-0.1, -0.05) is 24.0 Å². The highest BCUT2D eigenvalue weighted by Gasteiger charge is 2.33. The van der Waals surface area contributed by atoms with E-state index in [1.807, 2.05) is 0 Å². The van der Waals surface area contributed by atoms with Crippen LogP contribution in [0.4, 0.5) is 10.1 Å². The zero-order valence-corrected chi connectivity index (χ0v) is 11.7. The molecule has 1 fully saturated rings. The molecule has 2 heterocycles. The quantitative estimate of drug-likeness (QED) is 0.624. The second kappa shape index (κ2) is 5.22. The van der Waals surface area contributed by atoms with Crippen LogP contribution in [0, 0.1) is 5.82 Å². The number of anilines is 1. The van der Waals surface area contributed by atoms with Gasteiger partial charge in [-0.25, -0.2) is 4.39 Å². The van der Waals surface area contributed by atoms with Gasteiger partial charge in [0.25, 0.3) is 5.91 Å². The third-order valence-corrected chi connectivity index (χ3v) is 4.00. The van der Waals surface area contributed by atoms with Gasteiger partial charge in [-0.15, -0.1) is 0 Å². The molecule has 1 aromatic heterocycles. The monoisotopic (exact) mass is 305 g/mol. The van der Waals surface area contributed by atoms with Gasteiger partial charge in [0.2, 0.25) is 0 Å².